The van der Waals surface area contributed by atoms with Crippen molar-refractivity contribution >= 4 is 56.7 Å². The molecule has 0 fully saturated rings. The van der Waals surface area contributed by atoms with Crippen LogP contribution in [0.15, 0.2) is 87.5 Å². The van der Waals surface area contributed by atoms with E-state index in [2.05, 4.69) is 11.9 Å². The molecule has 162 valence electrons. The molecule has 2 heterocycles. The van der Waals surface area contributed by atoms with Gasteiger partial charge in [-0.2, -0.15) is 0 Å². The number of rotatable bonds is 8. The highest BCUT2D eigenvalue weighted by atomic mass is 32.2. The van der Waals surface area contributed by atoms with Crippen LogP contribution < -0.4 is 10.9 Å². The summed E-state index contributed by atoms with van der Waals surface area (Å²) in [6.45, 7) is 4.10. The van der Waals surface area contributed by atoms with Crippen LogP contribution in [0.1, 0.15) is 0 Å². The van der Waals surface area contributed by atoms with Crippen molar-refractivity contribution in [1.29, 1.82) is 0 Å². The lowest BCUT2D eigenvalue weighted by Crippen LogP contribution is -2.23. The topological polar surface area (TPSA) is 64.0 Å². The monoisotopic (exact) mass is 479 g/mol. The van der Waals surface area contributed by atoms with Gasteiger partial charge in [-0.25, -0.2) is 4.98 Å². The molecule has 0 unspecified atom stereocenters. The zero-order valence-corrected chi connectivity index (χ0v) is 19.9. The molecule has 0 bridgehead atoms. The van der Waals surface area contributed by atoms with Crippen LogP contribution in [0.3, 0.4) is 0 Å². The summed E-state index contributed by atoms with van der Waals surface area (Å²) in [5.74, 6) is -0.000845. The van der Waals surface area contributed by atoms with Crippen molar-refractivity contribution in [3.05, 3.63) is 83.0 Å². The number of fused-ring (bicyclic) bond motifs is 1. The number of thioether (sulfide) groups is 2. The number of thiophene rings is 1. The normalized spacial score (nSPS) is 10.9. The van der Waals surface area contributed by atoms with Gasteiger partial charge in [-0.05, 0) is 30.0 Å². The van der Waals surface area contributed by atoms with Gasteiger partial charge in [-0.15, -0.1) is 29.7 Å². The summed E-state index contributed by atoms with van der Waals surface area (Å²) in [4.78, 5) is 32.4. The second-order valence-corrected chi connectivity index (χ2v) is 9.54. The van der Waals surface area contributed by atoms with Crippen molar-refractivity contribution in [2.75, 3.05) is 17.3 Å². The first-order valence-corrected chi connectivity index (χ1v) is 12.9. The summed E-state index contributed by atoms with van der Waals surface area (Å²) in [5, 5.41) is 5.99. The maximum absolute atomic E-state index is 13.4. The van der Waals surface area contributed by atoms with Crippen molar-refractivity contribution < 1.29 is 4.79 Å². The van der Waals surface area contributed by atoms with Crippen LogP contribution in [0.25, 0.3) is 21.3 Å². The molecule has 0 atom stereocenters. The highest BCUT2D eigenvalue weighted by molar-refractivity contribution is 7.99. The van der Waals surface area contributed by atoms with Gasteiger partial charge < -0.3 is 5.32 Å². The second-order valence-electron chi connectivity index (χ2n) is 6.86. The highest BCUT2D eigenvalue weighted by Gasteiger charge is 2.17. The van der Waals surface area contributed by atoms with Gasteiger partial charge in [0.2, 0.25) is 5.91 Å². The first kappa shape index (κ1) is 22.4. The molecular weight excluding hydrogens is 458 g/mol. The van der Waals surface area contributed by atoms with Gasteiger partial charge in [0, 0.05) is 28.1 Å². The smallest absolute Gasteiger partial charge is 0.263 e. The summed E-state index contributed by atoms with van der Waals surface area (Å²) in [5.41, 5.74) is 2.49. The molecule has 4 rings (SSSR count). The van der Waals surface area contributed by atoms with Gasteiger partial charge in [-0.3, -0.25) is 14.2 Å². The Bertz CT molecular complexity index is 1330. The Morgan fingerprint density at radius 3 is 2.78 bits per heavy atom. The summed E-state index contributed by atoms with van der Waals surface area (Å²) >= 11 is 4.31. The van der Waals surface area contributed by atoms with E-state index >= 15 is 0 Å². The standard InChI is InChI=1S/C24H21N3O2S3/c1-3-12-27-23(29)21-19(16-8-5-4-6-9-16)14-31-22(21)26-24(27)32-15-20(28)25-17-10-7-11-18(13-17)30-2/h3-11,13-14H,1,12,15H2,2H3,(H,25,28). The zero-order chi connectivity index (χ0) is 22.5. The van der Waals surface area contributed by atoms with Crippen molar-refractivity contribution in [2.45, 2.75) is 16.6 Å². The Hall–Kier alpha value is -2.81. The summed E-state index contributed by atoms with van der Waals surface area (Å²) in [6, 6.07) is 17.5. The maximum Gasteiger partial charge on any atom is 0.263 e. The predicted molar refractivity (Wildman–Crippen MR) is 137 cm³/mol. The number of hydrogen-bond acceptors (Lipinski definition) is 6. The molecule has 0 saturated carbocycles. The van der Waals surface area contributed by atoms with Crippen LogP contribution in [0.2, 0.25) is 0 Å². The molecule has 32 heavy (non-hydrogen) atoms. The van der Waals surface area contributed by atoms with Gasteiger partial charge in [0.15, 0.2) is 5.16 Å². The van der Waals surface area contributed by atoms with Crippen molar-refractivity contribution in [3.63, 3.8) is 0 Å². The van der Waals surface area contributed by atoms with Gasteiger partial charge in [-0.1, -0.05) is 54.2 Å². The van der Waals surface area contributed by atoms with E-state index in [0.29, 0.717) is 21.9 Å². The van der Waals surface area contributed by atoms with Gasteiger partial charge >= 0.3 is 0 Å². The van der Waals surface area contributed by atoms with E-state index < -0.39 is 0 Å². The number of allylic oxidation sites excluding steroid dienone is 1. The number of benzene rings is 2. The molecule has 1 amide bonds. The molecule has 0 aliphatic carbocycles. The van der Waals surface area contributed by atoms with Crippen LogP contribution in [-0.2, 0) is 11.3 Å². The Morgan fingerprint density at radius 1 is 1.22 bits per heavy atom. The van der Waals surface area contributed by atoms with E-state index in [-0.39, 0.29) is 17.2 Å². The minimum Gasteiger partial charge on any atom is -0.325 e. The van der Waals surface area contributed by atoms with Crippen LogP contribution in [0.4, 0.5) is 5.69 Å². The van der Waals surface area contributed by atoms with Crippen LogP contribution in [-0.4, -0.2) is 27.5 Å². The quantitative estimate of drug-likeness (QED) is 0.198. The lowest BCUT2D eigenvalue weighted by atomic mass is 10.1. The van der Waals surface area contributed by atoms with E-state index in [0.717, 1.165) is 21.7 Å². The van der Waals surface area contributed by atoms with Crippen molar-refractivity contribution in [1.82, 2.24) is 9.55 Å². The third kappa shape index (κ3) is 4.82. The highest BCUT2D eigenvalue weighted by Crippen LogP contribution is 2.32. The van der Waals surface area contributed by atoms with E-state index in [1.54, 1.807) is 22.4 Å². The molecule has 5 nitrogen and oxygen atoms in total. The van der Waals surface area contributed by atoms with Crippen LogP contribution in [0, 0.1) is 0 Å². The minimum atomic E-state index is -0.149. The van der Waals surface area contributed by atoms with Crippen molar-refractivity contribution in [3.8, 4) is 11.1 Å². The first-order valence-electron chi connectivity index (χ1n) is 9.85. The molecule has 0 aliphatic heterocycles. The van der Waals surface area contributed by atoms with Crippen LogP contribution in [0.5, 0.6) is 0 Å². The molecule has 0 aliphatic rings. The Balaban J connectivity index is 1.61. The molecule has 1 N–H and O–H groups in total. The van der Waals surface area contributed by atoms with Gasteiger partial charge in [0.05, 0.1) is 11.1 Å². The number of hydrogen-bond donors (Lipinski definition) is 1. The fraction of sp³-hybridized carbons (Fsp3) is 0.125. The Kier molecular flexibility index (Phi) is 7.14. The average molecular weight is 480 g/mol. The number of carbonyl (C=O) groups is 1. The van der Waals surface area contributed by atoms with Gasteiger partial charge in [0.25, 0.3) is 5.56 Å². The Labute approximate surface area is 198 Å². The Morgan fingerprint density at radius 2 is 2.03 bits per heavy atom. The third-order valence-corrected chi connectivity index (χ3v) is 7.32. The second kappa shape index (κ2) is 10.2. The predicted octanol–water partition coefficient (Wildman–Crippen LogP) is 5.76. The molecule has 2 aromatic carbocycles. The van der Waals surface area contributed by atoms with E-state index in [1.165, 1.54) is 23.1 Å². The molecule has 4 aromatic rings. The number of anilines is 1. The number of nitrogens with zero attached hydrogens (tertiary/aromatic N) is 2. The number of nitrogens with one attached hydrogen (secondary N) is 1. The van der Waals surface area contributed by atoms with E-state index in [9.17, 15) is 9.59 Å². The van der Waals surface area contributed by atoms with Crippen LogP contribution >= 0.6 is 34.9 Å². The van der Waals surface area contributed by atoms with E-state index in [4.69, 9.17) is 4.98 Å². The number of carbonyl (C=O) groups excluding carboxylic acids is 1. The third-order valence-electron chi connectivity index (χ3n) is 4.74. The largest absolute Gasteiger partial charge is 0.325 e. The van der Waals surface area contributed by atoms with Gasteiger partial charge in [0.1, 0.15) is 4.83 Å². The molecule has 0 saturated heterocycles. The fourth-order valence-electron chi connectivity index (χ4n) is 3.26. The number of aromatic nitrogens is 2. The summed E-state index contributed by atoms with van der Waals surface area (Å²) in [7, 11) is 0. The molecule has 0 spiro atoms. The average Bonchev–Trinajstić information content (AvgIpc) is 3.25. The molecule has 8 heteroatoms. The molecular formula is C24H21N3O2S3. The lowest BCUT2D eigenvalue weighted by Gasteiger charge is -2.11. The zero-order valence-electron chi connectivity index (χ0n) is 17.4. The maximum atomic E-state index is 13.4. The molecule has 2 aromatic heterocycles. The SMILES string of the molecule is C=CCn1c(SCC(=O)Nc2cccc(SC)c2)nc2scc(-c3ccccc3)c2c1=O. The summed E-state index contributed by atoms with van der Waals surface area (Å²) < 4.78 is 1.58. The first-order chi connectivity index (χ1) is 15.6. The number of amides is 1. The lowest BCUT2D eigenvalue weighted by molar-refractivity contribution is -0.113. The van der Waals surface area contributed by atoms with E-state index in [1.807, 2.05) is 66.2 Å². The summed E-state index contributed by atoms with van der Waals surface area (Å²) in [6.07, 6.45) is 3.66. The van der Waals surface area contributed by atoms with Crippen molar-refractivity contribution in [2.24, 2.45) is 0 Å². The minimum absolute atomic E-state index is 0.120. The fourth-order valence-corrected chi connectivity index (χ4v) is 5.52. The molecule has 0 radical (unpaired) electrons.